The number of aliphatic hydroxyl groups excluding tert-OH is 1. The van der Waals surface area contributed by atoms with Crippen molar-refractivity contribution in [3.63, 3.8) is 0 Å². The third kappa shape index (κ3) is 3.07. The van der Waals surface area contributed by atoms with Crippen LogP contribution in [0.2, 0.25) is 0 Å². The Balaban J connectivity index is 3.20. The Labute approximate surface area is 96.8 Å². The molecule has 0 aliphatic heterocycles. The third-order valence-corrected chi connectivity index (χ3v) is 2.21. The van der Waals surface area contributed by atoms with Gasteiger partial charge in [-0.2, -0.15) is 0 Å². The van der Waals surface area contributed by atoms with Crippen LogP contribution in [0, 0.1) is 0 Å². The van der Waals surface area contributed by atoms with Crippen LogP contribution in [0.5, 0.6) is 0 Å². The normalized spacial score (nSPS) is 12.3. The molecule has 0 saturated carbocycles. The minimum absolute atomic E-state index is 0.00650. The lowest BCUT2D eigenvalue weighted by atomic mass is 9.97. The van der Waals surface area contributed by atoms with Crippen molar-refractivity contribution in [2.24, 2.45) is 0 Å². The van der Waals surface area contributed by atoms with Crippen molar-refractivity contribution in [1.82, 2.24) is 0 Å². The molecule has 0 amide bonds. The van der Waals surface area contributed by atoms with Gasteiger partial charge in [-0.05, 0) is 16.7 Å². The molecule has 0 heterocycles. The van der Waals surface area contributed by atoms with Gasteiger partial charge >= 0.3 is 0 Å². The molecule has 0 spiro atoms. The van der Waals surface area contributed by atoms with Gasteiger partial charge in [0.25, 0.3) is 0 Å². The summed E-state index contributed by atoms with van der Waals surface area (Å²) in [6.45, 7) is 7.45. The van der Waals surface area contributed by atoms with E-state index in [1.165, 1.54) is 0 Å². The van der Waals surface area contributed by atoms with Crippen LogP contribution in [0.4, 0.5) is 0 Å². The van der Waals surface area contributed by atoms with Gasteiger partial charge in [0.2, 0.25) is 0 Å². The molecule has 0 atom stereocenters. The standard InChI is InChI=1S/C15H16O/c1-3-8-13(4-2)15(11-12-16)14-9-6-5-7-10-14/h3-11,16H,1-2,12H2/b13-8+,15-11-. The zero-order valence-electron chi connectivity index (χ0n) is 9.26. The van der Waals surface area contributed by atoms with Crippen LogP contribution in [0.25, 0.3) is 5.57 Å². The minimum atomic E-state index is 0.00650. The molecule has 1 N–H and O–H groups in total. The summed E-state index contributed by atoms with van der Waals surface area (Å²) < 4.78 is 0. The monoisotopic (exact) mass is 212 g/mol. The van der Waals surface area contributed by atoms with Crippen molar-refractivity contribution >= 4 is 5.57 Å². The zero-order chi connectivity index (χ0) is 11.8. The highest BCUT2D eigenvalue weighted by Gasteiger charge is 2.03. The molecule has 0 unspecified atom stereocenters. The van der Waals surface area contributed by atoms with E-state index in [0.29, 0.717) is 0 Å². The fraction of sp³-hybridized carbons (Fsp3) is 0.0667. The van der Waals surface area contributed by atoms with E-state index in [1.54, 1.807) is 18.2 Å². The van der Waals surface area contributed by atoms with Crippen molar-refractivity contribution in [3.8, 4) is 0 Å². The van der Waals surface area contributed by atoms with Crippen LogP contribution in [0.1, 0.15) is 5.56 Å². The van der Waals surface area contributed by atoms with Crippen molar-refractivity contribution in [2.45, 2.75) is 0 Å². The van der Waals surface area contributed by atoms with Crippen molar-refractivity contribution < 1.29 is 5.11 Å². The molecule has 0 aliphatic rings. The lowest BCUT2D eigenvalue weighted by Gasteiger charge is -2.08. The molecule has 0 bridgehead atoms. The van der Waals surface area contributed by atoms with Gasteiger partial charge < -0.3 is 5.11 Å². The van der Waals surface area contributed by atoms with Crippen molar-refractivity contribution in [3.05, 3.63) is 78.9 Å². The Morgan fingerprint density at radius 3 is 2.38 bits per heavy atom. The molecule has 1 aromatic rings. The topological polar surface area (TPSA) is 20.2 Å². The van der Waals surface area contributed by atoms with E-state index >= 15 is 0 Å². The first-order valence-corrected chi connectivity index (χ1v) is 5.15. The Bertz CT molecular complexity index is 410. The van der Waals surface area contributed by atoms with Gasteiger partial charge in [0.05, 0.1) is 6.61 Å². The number of hydrogen-bond acceptors (Lipinski definition) is 1. The fourth-order valence-electron chi connectivity index (χ4n) is 1.51. The van der Waals surface area contributed by atoms with Crippen LogP contribution < -0.4 is 0 Å². The zero-order valence-corrected chi connectivity index (χ0v) is 9.26. The summed E-state index contributed by atoms with van der Waals surface area (Å²) in [5.74, 6) is 0. The third-order valence-electron chi connectivity index (χ3n) is 2.21. The van der Waals surface area contributed by atoms with Crippen LogP contribution in [0.15, 0.2) is 73.4 Å². The number of aliphatic hydroxyl groups is 1. The highest BCUT2D eigenvalue weighted by Crippen LogP contribution is 2.23. The summed E-state index contributed by atoms with van der Waals surface area (Å²) in [5.41, 5.74) is 2.98. The van der Waals surface area contributed by atoms with E-state index in [0.717, 1.165) is 16.7 Å². The first kappa shape index (κ1) is 12.2. The van der Waals surface area contributed by atoms with Gasteiger partial charge in [0.15, 0.2) is 0 Å². The second kappa shape index (κ2) is 6.59. The molecule has 0 radical (unpaired) electrons. The highest BCUT2D eigenvalue weighted by molar-refractivity contribution is 5.82. The molecular weight excluding hydrogens is 196 g/mol. The summed E-state index contributed by atoms with van der Waals surface area (Å²) in [5, 5.41) is 9.05. The minimum Gasteiger partial charge on any atom is -0.392 e. The number of rotatable bonds is 5. The first-order valence-electron chi connectivity index (χ1n) is 5.15. The van der Waals surface area contributed by atoms with E-state index < -0.39 is 0 Å². The molecule has 0 aromatic heterocycles. The van der Waals surface area contributed by atoms with Crippen molar-refractivity contribution in [2.75, 3.05) is 6.61 Å². The van der Waals surface area contributed by atoms with Gasteiger partial charge in [0.1, 0.15) is 0 Å². The average molecular weight is 212 g/mol. The van der Waals surface area contributed by atoms with E-state index in [2.05, 4.69) is 13.2 Å². The molecule has 16 heavy (non-hydrogen) atoms. The largest absolute Gasteiger partial charge is 0.392 e. The average Bonchev–Trinajstić information content (AvgIpc) is 2.35. The Hall–Kier alpha value is -1.86. The summed E-state index contributed by atoms with van der Waals surface area (Å²) in [6.07, 6.45) is 7.12. The molecule has 1 rings (SSSR count). The highest BCUT2D eigenvalue weighted by atomic mass is 16.2. The molecular formula is C15H16O. The molecule has 0 fully saturated rings. The maximum Gasteiger partial charge on any atom is 0.0621 e. The smallest absolute Gasteiger partial charge is 0.0621 e. The lowest BCUT2D eigenvalue weighted by molar-refractivity contribution is 0.343. The fourth-order valence-corrected chi connectivity index (χ4v) is 1.51. The van der Waals surface area contributed by atoms with Crippen LogP contribution in [0.3, 0.4) is 0 Å². The number of benzene rings is 1. The van der Waals surface area contributed by atoms with Crippen molar-refractivity contribution in [1.29, 1.82) is 0 Å². The van der Waals surface area contributed by atoms with Gasteiger partial charge in [-0.15, -0.1) is 0 Å². The SMILES string of the molecule is C=C/C=C(C=C)/C(=C/CO)c1ccccc1. The van der Waals surface area contributed by atoms with E-state index in [9.17, 15) is 0 Å². The van der Waals surface area contributed by atoms with Gasteiger partial charge in [-0.1, -0.05) is 67.8 Å². The van der Waals surface area contributed by atoms with Crippen LogP contribution in [-0.4, -0.2) is 11.7 Å². The summed E-state index contributed by atoms with van der Waals surface area (Å²) in [6, 6.07) is 9.90. The predicted molar refractivity (Wildman–Crippen MR) is 70.0 cm³/mol. The van der Waals surface area contributed by atoms with E-state index in [-0.39, 0.29) is 6.61 Å². The molecule has 82 valence electrons. The summed E-state index contributed by atoms with van der Waals surface area (Å²) in [7, 11) is 0. The molecule has 1 aromatic carbocycles. The number of hydrogen-bond donors (Lipinski definition) is 1. The van der Waals surface area contributed by atoms with Gasteiger partial charge in [-0.3, -0.25) is 0 Å². The van der Waals surface area contributed by atoms with E-state index in [4.69, 9.17) is 5.11 Å². The summed E-state index contributed by atoms with van der Waals surface area (Å²) in [4.78, 5) is 0. The molecule has 0 aliphatic carbocycles. The first-order chi connectivity index (χ1) is 7.83. The maximum atomic E-state index is 9.05. The second-order valence-electron chi connectivity index (χ2n) is 3.23. The van der Waals surface area contributed by atoms with Gasteiger partial charge in [-0.25, -0.2) is 0 Å². The Morgan fingerprint density at radius 1 is 1.19 bits per heavy atom. The van der Waals surface area contributed by atoms with Crippen LogP contribution >= 0.6 is 0 Å². The predicted octanol–water partition coefficient (Wildman–Crippen LogP) is 3.36. The maximum absolute atomic E-state index is 9.05. The molecule has 1 nitrogen and oxygen atoms in total. The Kier molecular flexibility index (Phi) is 5.03. The summed E-state index contributed by atoms with van der Waals surface area (Å²) >= 11 is 0. The molecule has 0 saturated heterocycles. The second-order valence-corrected chi connectivity index (χ2v) is 3.23. The Morgan fingerprint density at radius 2 is 1.88 bits per heavy atom. The van der Waals surface area contributed by atoms with Crippen LogP contribution in [-0.2, 0) is 0 Å². The van der Waals surface area contributed by atoms with Gasteiger partial charge in [0, 0.05) is 0 Å². The number of allylic oxidation sites excluding steroid dienone is 5. The lowest BCUT2D eigenvalue weighted by Crippen LogP contribution is -1.89. The van der Waals surface area contributed by atoms with E-state index in [1.807, 2.05) is 36.4 Å². The quantitative estimate of drug-likeness (QED) is 0.742. The molecule has 1 heteroatoms.